The van der Waals surface area contributed by atoms with Crippen LogP contribution < -0.4 is 10.6 Å². The molecule has 0 spiro atoms. The fourth-order valence-corrected chi connectivity index (χ4v) is 3.01. The van der Waals surface area contributed by atoms with Crippen LogP contribution in [0.1, 0.15) is 36.0 Å². The summed E-state index contributed by atoms with van der Waals surface area (Å²) in [5.41, 5.74) is 3.95. The van der Waals surface area contributed by atoms with Gasteiger partial charge in [-0.1, -0.05) is 18.2 Å². The Morgan fingerprint density at radius 1 is 1.20 bits per heavy atom. The van der Waals surface area contributed by atoms with Crippen molar-refractivity contribution in [3.63, 3.8) is 0 Å². The van der Waals surface area contributed by atoms with Crippen molar-refractivity contribution in [2.75, 3.05) is 19.6 Å². The van der Waals surface area contributed by atoms with Gasteiger partial charge in [-0.05, 0) is 42.6 Å². The maximum absolute atomic E-state index is 11.9. The highest BCUT2D eigenvalue weighted by atomic mass is 16.1. The highest BCUT2D eigenvalue weighted by Crippen LogP contribution is 2.16. The Balaban J connectivity index is 1.43. The smallest absolute Gasteiger partial charge is 0.221 e. The van der Waals surface area contributed by atoms with Crippen LogP contribution >= 0.6 is 0 Å². The lowest BCUT2D eigenvalue weighted by Crippen LogP contribution is -2.29. The quantitative estimate of drug-likeness (QED) is 0.852. The van der Waals surface area contributed by atoms with Crippen molar-refractivity contribution in [2.45, 2.75) is 38.9 Å². The van der Waals surface area contributed by atoms with E-state index in [4.69, 9.17) is 0 Å². The number of rotatable bonds is 5. The highest BCUT2D eigenvalue weighted by molar-refractivity contribution is 5.76. The summed E-state index contributed by atoms with van der Waals surface area (Å²) in [7, 11) is 0. The van der Waals surface area contributed by atoms with Crippen LogP contribution in [0.3, 0.4) is 0 Å². The molecule has 1 fully saturated rings. The van der Waals surface area contributed by atoms with Crippen LogP contribution in [0.25, 0.3) is 0 Å². The highest BCUT2D eigenvalue weighted by Gasteiger charge is 2.13. The number of benzene rings is 1. The molecule has 0 saturated carbocycles. The summed E-state index contributed by atoms with van der Waals surface area (Å²) >= 11 is 0. The van der Waals surface area contributed by atoms with Gasteiger partial charge >= 0.3 is 0 Å². The van der Waals surface area contributed by atoms with Crippen molar-refractivity contribution in [1.82, 2.24) is 15.5 Å². The van der Waals surface area contributed by atoms with Gasteiger partial charge in [0.2, 0.25) is 5.91 Å². The minimum Gasteiger partial charge on any atom is -0.352 e. The van der Waals surface area contributed by atoms with Gasteiger partial charge in [-0.25, -0.2) is 0 Å². The largest absolute Gasteiger partial charge is 0.352 e. The van der Waals surface area contributed by atoms with Crippen molar-refractivity contribution in [3.05, 3.63) is 34.9 Å². The second-order valence-corrected chi connectivity index (χ2v) is 5.78. The van der Waals surface area contributed by atoms with E-state index >= 15 is 0 Å². The molecule has 2 aliphatic rings. The summed E-state index contributed by atoms with van der Waals surface area (Å²) in [6.07, 6.45) is 3.18. The summed E-state index contributed by atoms with van der Waals surface area (Å²) in [5, 5.41) is 6.37. The number of likely N-dealkylation sites (tertiary alicyclic amines) is 1. The first kappa shape index (κ1) is 13.6. The Kier molecular flexibility index (Phi) is 4.33. The molecule has 0 aromatic heterocycles. The molecule has 2 aliphatic heterocycles. The van der Waals surface area contributed by atoms with E-state index in [0.717, 1.165) is 32.7 Å². The number of amides is 1. The van der Waals surface area contributed by atoms with Crippen LogP contribution in [-0.2, 0) is 24.4 Å². The molecule has 1 aromatic rings. The zero-order valence-electron chi connectivity index (χ0n) is 12.0. The van der Waals surface area contributed by atoms with Crippen molar-refractivity contribution in [1.29, 1.82) is 0 Å². The first-order valence-corrected chi connectivity index (χ1v) is 7.62. The second kappa shape index (κ2) is 6.37. The molecular formula is C16H23N3O. The monoisotopic (exact) mass is 273 g/mol. The van der Waals surface area contributed by atoms with E-state index in [1.165, 1.54) is 29.5 Å². The zero-order chi connectivity index (χ0) is 13.8. The Hall–Kier alpha value is -1.39. The summed E-state index contributed by atoms with van der Waals surface area (Å²) in [6.45, 7) is 5.78. The van der Waals surface area contributed by atoms with Crippen LogP contribution in [0.15, 0.2) is 18.2 Å². The van der Waals surface area contributed by atoms with E-state index in [0.29, 0.717) is 13.0 Å². The predicted molar refractivity (Wildman–Crippen MR) is 79.1 cm³/mol. The molecule has 2 heterocycles. The molecule has 0 atom stereocenters. The van der Waals surface area contributed by atoms with E-state index in [1.54, 1.807) is 0 Å². The molecule has 20 heavy (non-hydrogen) atoms. The van der Waals surface area contributed by atoms with Gasteiger partial charge in [0.05, 0.1) is 0 Å². The van der Waals surface area contributed by atoms with E-state index in [1.807, 2.05) is 0 Å². The Labute approximate surface area is 120 Å². The van der Waals surface area contributed by atoms with Gasteiger partial charge in [-0.2, -0.15) is 0 Å². The predicted octanol–water partition coefficient (Wildman–Crippen LogP) is 1.39. The third-order valence-corrected chi connectivity index (χ3v) is 4.25. The lowest BCUT2D eigenvalue weighted by Gasteiger charge is -2.14. The summed E-state index contributed by atoms with van der Waals surface area (Å²) in [6, 6.07) is 6.49. The molecule has 1 aromatic carbocycles. The first-order valence-electron chi connectivity index (χ1n) is 7.62. The van der Waals surface area contributed by atoms with E-state index in [-0.39, 0.29) is 5.91 Å². The molecule has 4 nitrogen and oxygen atoms in total. The molecule has 2 N–H and O–H groups in total. The number of fused-ring (bicyclic) bond motifs is 1. The number of carbonyl (C=O) groups is 1. The molecule has 3 rings (SSSR count). The van der Waals surface area contributed by atoms with Gasteiger partial charge in [0, 0.05) is 32.6 Å². The number of hydrogen-bond acceptors (Lipinski definition) is 3. The minimum absolute atomic E-state index is 0.163. The van der Waals surface area contributed by atoms with Crippen molar-refractivity contribution in [2.24, 2.45) is 0 Å². The third kappa shape index (κ3) is 3.38. The lowest BCUT2D eigenvalue weighted by molar-refractivity contribution is -0.121. The lowest BCUT2D eigenvalue weighted by atomic mass is 10.1. The molecule has 108 valence electrons. The van der Waals surface area contributed by atoms with Crippen molar-refractivity contribution < 1.29 is 4.79 Å². The van der Waals surface area contributed by atoms with Crippen molar-refractivity contribution >= 4 is 5.91 Å². The van der Waals surface area contributed by atoms with E-state index in [9.17, 15) is 4.79 Å². The standard InChI is InChI=1S/C16H23N3O/c20-16(5-8-19-6-1-2-7-19)18-10-13-3-4-14-11-17-12-15(14)9-13/h3-4,9,17H,1-2,5-8,10-12H2,(H,18,20). The summed E-state index contributed by atoms with van der Waals surface area (Å²) in [5.74, 6) is 0.163. The topological polar surface area (TPSA) is 44.4 Å². The molecule has 0 unspecified atom stereocenters. The normalized spacial score (nSPS) is 18.2. The summed E-state index contributed by atoms with van der Waals surface area (Å²) in [4.78, 5) is 14.2. The Morgan fingerprint density at radius 2 is 2.00 bits per heavy atom. The maximum atomic E-state index is 11.9. The van der Waals surface area contributed by atoms with Crippen LogP contribution in [0.5, 0.6) is 0 Å². The van der Waals surface area contributed by atoms with Gasteiger partial charge in [0.15, 0.2) is 0 Å². The molecule has 0 aliphatic carbocycles. The van der Waals surface area contributed by atoms with E-state index in [2.05, 4.69) is 33.7 Å². The molecule has 0 radical (unpaired) electrons. The zero-order valence-corrected chi connectivity index (χ0v) is 12.0. The fourth-order valence-electron chi connectivity index (χ4n) is 3.01. The van der Waals surface area contributed by atoms with E-state index < -0.39 is 0 Å². The fraction of sp³-hybridized carbons (Fsp3) is 0.562. The Bertz CT molecular complexity index is 481. The molecule has 1 saturated heterocycles. The average Bonchev–Trinajstić information content (AvgIpc) is 3.13. The second-order valence-electron chi connectivity index (χ2n) is 5.78. The van der Waals surface area contributed by atoms with Gasteiger partial charge < -0.3 is 15.5 Å². The molecule has 4 heteroatoms. The number of carbonyl (C=O) groups excluding carboxylic acids is 1. The molecular weight excluding hydrogens is 250 g/mol. The maximum Gasteiger partial charge on any atom is 0.221 e. The van der Waals surface area contributed by atoms with Gasteiger partial charge in [0.1, 0.15) is 0 Å². The molecule has 1 amide bonds. The van der Waals surface area contributed by atoms with Crippen LogP contribution in [-0.4, -0.2) is 30.4 Å². The van der Waals surface area contributed by atoms with Gasteiger partial charge in [0.25, 0.3) is 0 Å². The van der Waals surface area contributed by atoms with Gasteiger partial charge in [-0.3, -0.25) is 4.79 Å². The number of nitrogens with zero attached hydrogens (tertiary/aromatic N) is 1. The summed E-state index contributed by atoms with van der Waals surface area (Å²) < 4.78 is 0. The van der Waals surface area contributed by atoms with Crippen LogP contribution in [0, 0.1) is 0 Å². The first-order chi connectivity index (χ1) is 9.81. The van der Waals surface area contributed by atoms with Crippen molar-refractivity contribution in [3.8, 4) is 0 Å². The minimum atomic E-state index is 0.163. The SMILES string of the molecule is O=C(CCN1CCCC1)NCc1ccc2c(c1)CNC2. The van der Waals surface area contributed by atoms with Gasteiger partial charge in [-0.15, -0.1) is 0 Å². The van der Waals surface area contributed by atoms with Crippen LogP contribution in [0.4, 0.5) is 0 Å². The van der Waals surface area contributed by atoms with Crippen LogP contribution in [0.2, 0.25) is 0 Å². The third-order valence-electron chi connectivity index (χ3n) is 4.25. The molecule has 0 bridgehead atoms. The Morgan fingerprint density at radius 3 is 2.85 bits per heavy atom. The average molecular weight is 273 g/mol. The number of hydrogen-bond donors (Lipinski definition) is 2. The number of nitrogens with one attached hydrogen (secondary N) is 2.